The van der Waals surface area contributed by atoms with Gasteiger partial charge < -0.3 is 4.90 Å². The number of benzene rings is 1. The van der Waals surface area contributed by atoms with Crippen LogP contribution >= 0.6 is 15.9 Å². The van der Waals surface area contributed by atoms with Crippen molar-refractivity contribution >= 4 is 21.6 Å². The van der Waals surface area contributed by atoms with E-state index in [4.69, 9.17) is 0 Å². The second-order valence-corrected chi connectivity index (χ2v) is 6.36. The van der Waals surface area contributed by atoms with Crippen molar-refractivity contribution in [1.29, 1.82) is 0 Å². The Balaban J connectivity index is 1.98. The van der Waals surface area contributed by atoms with Gasteiger partial charge >= 0.3 is 0 Å². The van der Waals surface area contributed by atoms with Crippen LogP contribution in [0.2, 0.25) is 0 Å². The van der Waals surface area contributed by atoms with E-state index in [1.807, 2.05) is 0 Å². The average Bonchev–Trinajstić information content (AvgIpc) is 2.03. The minimum Gasteiger partial charge on any atom is -0.371 e. The maximum absolute atomic E-state index is 3.46. The maximum atomic E-state index is 3.46. The molecule has 82 valence electrons. The zero-order valence-electron chi connectivity index (χ0n) is 9.63. The fraction of sp³-hybridized carbons (Fsp3) is 0.538. The van der Waals surface area contributed by atoms with Crippen LogP contribution in [0.15, 0.2) is 28.7 Å². The van der Waals surface area contributed by atoms with Gasteiger partial charge in [0.2, 0.25) is 0 Å². The Labute approximate surface area is 101 Å². The van der Waals surface area contributed by atoms with Gasteiger partial charge in [-0.25, -0.2) is 0 Å². The van der Waals surface area contributed by atoms with E-state index in [0.29, 0.717) is 5.41 Å². The molecular formula is C13H18BrN. The molecular weight excluding hydrogens is 250 g/mol. The molecule has 0 saturated carbocycles. The quantitative estimate of drug-likeness (QED) is 0.746. The van der Waals surface area contributed by atoms with Crippen molar-refractivity contribution in [3.63, 3.8) is 0 Å². The first kappa shape index (κ1) is 11.0. The van der Waals surface area contributed by atoms with Crippen molar-refractivity contribution in [2.45, 2.75) is 20.8 Å². The minimum atomic E-state index is 0.450. The second-order valence-electron chi connectivity index (χ2n) is 5.44. The van der Waals surface area contributed by atoms with Crippen LogP contribution in [-0.4, -0.2) is 13.1 Å². The monoisotopic (exact) mass is 267 g/mol. The van der Waals surface area contributed by atoms with Crippen molar-refractivity contribution in [2.75, 3.05) is 18.0 Å². The van der Waals surface area contributed by atoms with E-state index in [-0.39, 0.29) is 0 Å². The van der Waals surface area contributed by atoms with Crippen LogP contribution in [0.25, 0.3) is 0 Å². The van der Waals surface area contributed by atoms with Gasteiger partial charge in [-0.05, 0) is 35.6 Å². The average molecular weight is 268 g/mol. The molecule has 0 radical (unpaired) electrons. The summed E-state index contributed by atoms with van der Waals surface area (Å²) in [6.45, 7) is 9.39. The van der Waals surface area contributed by atoms with Crippen LogP contribution in [0.4, 0.5) is 5.69 Å². The zero-order chi connectivity index (χ0) is 11.1. The molecule has 0 amide bonds. The van der Waals surface area contributed by atoms with E-state index in [2.05, 4.69) is 65.9 Å². The molecule has 1 saturated heterocycles. The third kappa shape index (κ3) is 2.36. The van der Waals surface area contributed by atoms with Gasteiger partial charge in [0.25, 0.3) is 0 Å². The van der Waals surface area contributed by atoms with Crippen molar-refractivity contribution in [3.05, 3.63) is 28.7 Å². The molecule has 0 aliphatic carbocycles. The number of rotatable bonds is 1. The van der Waals surface area contributed by atoms with E-state index in [9.17, 15) is 0 Å². The van der Waals surface area contributed by atoms with E-state index >= 15 is 0 Å². The van der Waals surface area contributed by atoms with Crippen molar-refractivity contribution < 1.29 is 0 Å². The predicted octanol–water partition coefficient (Wildman–Crippen LogP) is 3.93. The molecule has 1 aliphatic heterocycles. The highest BCUT2D eigenvalue weighted by molar-refractivity contribution is 9.10. The fourth-order valence-corrected chi connectivity index (χ4v) is 2.15. The van der Waals surface area contributed by atoms with Crippen molar-refractivity contribution in [2.24, 2.45) is 11.3 Å². The van der Waals surface area contributed by atoms with E-state index in [1.165, 1.54) is 18.8 Å². The molecule has 15 heavy (non-hydrogen) atoms. The summed E-state index contributed by atoms with van der Waals surface area (Å²) in [4.78, 5) is 2.45. The Morgan fingerprint density at radius 3 is 2.13 bits per heavy atom. The molecule has 2 heteroatoms. The Kier molecular flexibility index (Phi) is 2.80. The summed E-state index contributed by atoms with van der Waals surface area (Å²) in [5.41, 5.74) is 1.80. The highest BCUT2D eigenvalue weighted by Gasteiger charge is 2.35. The van der Waals surface area contributed by atoms with Gasteiger partial charge in [-0.3, -0.25) is 0 Å². The largest absolute Gasteiger partial charge is 0.371 e. The maximum Gasteiger partial charge on any atom is 0.0367 e. The number of hydrogen-bond donors (Lipinski definition) is 0. The Morgan fingerprint density at radius 2 is 1.67 bits per heavy atom. The van der Waals surface area contributed by atoms with Crippen LogP contribution in [0.3, 0.4) is 0 Å². The first-order chi connectivity index (χ1) is 6.97. The van der Waals surface area contributed by atoms with Gasteiger partial charge in [-0.15, -0.1) is 0 Å². The molecule has 1 aliphatic rings. The summed E-state index contributed by atoms with van der Waals surface area (Å²) in [5.74, 6) is 0.834. The summed E-state index contributed by atoms with van der Waals surface area (Å²) < 4.78 is 1.15. The normalized spacial score (nSPS) is 17.7. The van der Waals surface area contributed by atoms with E-state index in [0.717, 1.165) is 10.4 Å². The molecule has 0 bridgehead atoms. The van der Waals surface area contributed by atoms with Crippen molar-refractivity contribution in [3.8, 4) is 0 Å². The van der Waals surface area contributed by atoms with Gasteiger partial charge in [-0.1, -0.05) is 36.7 Å². The lowest BCUT2D eigenvalue weighted by molar-refractivity contribution is 0.195. The SMILES string of the molecule is CC(C)(C)C1CN(c2ccc(Br)cc2)C1. The van der Waals surface area contributed by atoms with E-state index in [1.54, 1.807) is 0 Å². The Hall–Kier alpha value is -0.500. The highest BCUT2D eigenvalue weighted by Crippen LogP contribution is 2.36. The topological polar surface area (TPSA) is 3.24 Å². The molecule has 0 aromatic heterocycles. The molecule has 1 aromatic rings. The molecule has 0 N–H and O–H groups in total. The lowest BCUT2D eigenvalue weighted by Gasteiger charge is -2.47. The summed E-state index contributed by atoms with van der Waals surface area (Å²) in [6, 6.07) is 8.59. The smallest absolute Gasteiger partial charge is 0.0367 e. The lowest BCUT2D eigenvalue weighted by Crippen LogP contribution is -2.52. The number of hydrogen-bond acceptors (Lipinski definition) is 1. The standard InChI is InChI=1S/C13H18BrN/c1-13(2,3)10-8-15(9-10)12-6-4-11(14)5-7-12/h4-7,10H,8-9H2,1-3H3. The first-order valence-electron chi connectivity index (χ1n) is 5.47. The fourth-order valence-electron chi connectivity index (χ4n) is 1.89. The molecule has 1 aromatic carbocycles. The number of halogens is 1. The van der Waals surface area contributed by atoms with Gasteiger partial charge in [0, 0.05) is 23.2 Å². The number of nitrogens with zero attached hydrogens (tertiary/aromatic N) is 1. The highest BCUT2D eigenvalue weighted by atomic mass is 79.9. The Morgan fingerprint density at radius 1 is 1.13 bits per heavy atom. The third-order valence-electron chi connectivity index (χ3n) is 3.30. The summed E-state index contributed by atoms with van der Waals surface area (Å²) >= 11 is 3.46. The van der Waals surface area contributed by atoms with Gasteiger partial charge in [0.05, 0.1) is 0 Å². The summed E-state index contributed by atoms with van der Waals surface area (Å²) in [7, 11) is 0. The van der Waals surface area contributed by atoms with Crippen LogP contribution in [0.1, 0.15) is 20.8 Å². The van der Waals surface area contributed by atoms with Crippen LogP contribution in [0.5, 0.6) is 0 Å². The van der Waals surface area contributed by atoms with Crippen LogP contribution in [0, 0.1) is 11.3 Å². The van der Waals surface area contributed by atoms with Gasteiger partial charge in [0.15, 0.2) is 0 Å². The molecule has 1 fully saturated rings. The van der Waals surface area contributed by atoms with Gasteiger partial charge in [-0.2, -0.15) is 0 Å². The molecule has 0 unspecified atom stereocenters. The first-order valence-corrected chi connectivity index (χ1v) is 6.26. The number of anilines is 1. The zero-order valence-corrected chi connectivity index (χ0v) is 11.2. The third-order valence-corrected chi connectivity index (χ3v) is 3.83. The van der Waals surface area contributed by atoms with Crippen molar-refractivity contribution in [1.82, 2.24) is 0 Å². The lowest BCUT2D eigenvalue weighted by atomic mass is 9.76. The van der Waals surface area contributed by atoms with Crippen LogP contribution in [-0.2, 0) is 0 Å². The molecule has 0 spiro atoms. The molecule has 0 atom stereocenters. The summed E-state index contributed by atoms with van der Waals surface area (Å²) in [5, 5.41) is 0. The van der Waals surface area contributed by atoms with Crippen LogP contribution < -0.4 is 4.90 Å². The molecule has 1 nitrogen and oxygen atoms in total. The molecule has 2 rings (SSSR count). The minimum absolute atomic E-state index is 0.450. The predicted molar refractivity (Wildman–Crippen MR) is 69.3 cm³/mol. The van der Waals surface area contributed by atoms with E-state index < -0.39 is 0 Å². The summed E-state index contributed by atoms with van der Waals surface area (Å²) in [6.07, 6.45) is 0. The second kappa shape index (κ2) is 3.82. The molecule has 1 heterocycles. The van der Waals surface area contributed by atoms with Gasteiger partial charge in [0.1, 0.15) is 0 Å². The Bertz CT molecular complexity index is 331.